The summed E-state index contributed by atoms with van der Waals surface area (Å²) in [6.07, 6.45) is 3.02. The van der Waals surface area contributed by atoms with E-state index in [1.807, 2.05) is 6.92 Å². The summed E-state index contributed by atoms with van der Waals surface area (Å²) >= 11 is 0. The number of hydrogen-bond donors (Lipinski definition) is 0. The van der Waals surface area contributed by atoms with Gasteiger partial charge in [0.25, 0.3) is 0 Å². The number of rotatable bonds is 4. The molecule has 1 heterocycles. The second-order valence-electron chi connectivity index (χ2n) is 4.24. The van der Waals surface area contributed by atoms with Gasteiger partial charge in [-0.2, -0.15) is 0 Å². The van der Waals surface area contributed by atoms with Crippen molar-refractivity contribution < 1.29 is 8.42 Å². The third-order valence-electron chi connectivity index (χ3n) is 3.09. The zero-order valence-electron chi connectivity index (χ0n) is 8.07. The van der Waals surface area contributed by atoms with Gasteiger partial charge in [-0.1, -0.05) is 13.3 Å². The van der Waals surface area contributed by atoms with Crippen molar-refractivity contribution in [2.45, 2.75) is 26.2 Å². The molecule has 0 amide bonds. The van der Waals surface area contributed by atoms with Gasteiger partial charge >= 0.3 is 0 Å². The highest BCUT2D eigenvalue weighted by molar-refractivity contribution is 7.89. The molecular weight excluding hydrogens is 186 g/mol. The molecule has 0 N–H and O–H groups in total. The molecule has 0 aromatic rings. The Balaban J connectivity index is 1.91. The largest absolute Gasteiger partial charge is 0.214 e. The first-order valence-corrected chi connectivity index (χ1v) is 6.72. The van der Waals surface area contributed by atoms with Crippen LogP contribution in [0.2, 0.25) is 0 Å². The fourth-order valence-corrected chi connectivity index (χ4v) is 3.79. The molecule has 1 saturated carbocycles. The van der Waals surface area contributed by atoms with E-state index in [4.69, 9.17) is 0 Å². The highest BCUT2D eigenvalue weighted by Crippen LogP contribution is 2.45. The lowest BCUT2D eigenvalue weighted by Gasteiger charge is -2.17. The molecule has 76 valence electrons. The van der Waals surface area contributed by atoms with Crippen molar-refractivity contribution >= 4 is 10.0 Å². The van der Waals surface area contributed by atoms with Gasteiger partial charge in [0.1, 0.15) is 0 Å². The molecule has 0 bridgehead atoms. The van der Waals surface area contributed by atoms with Crippen molar-refractivity contribution in [3.8, 4) is 0 Å². The van der Waals surface area contributed by atoms with Crippen molar-refractivity contribution in [2.24, 2.45) is 11.8 Å². The van der Waals surface area contributed by atoms with E-state index >= 15 is 0 Å². The van der Waals surface area contributed by atoms with Gasteiger partial charge in [0.05, 0.1) is 5.75 Å². The van der Waals surface area contributed by atoms with E-state index in [9.17, 15) is 8.42 Å². The fourth-order valence-electron chi connectivity index (χ4n) is 2.04. The van der Waals surface area contributed by atoms with E-state index in [2.05, 4.69) is 0 Å². The maximum absolute atomic E-state index is 11.7. The summed E-state index contributed by atoms with van der Waals surface area (Å²) in [7, 11) is -2.89. The standard InChI is InChI=1S/C9H17NO2S/c1-2-3-4-13(11,12)10-6-8-5-9(8)7-10/h8-9H,2-7H2,1H3. The topological polar surface area (TPSA) is 37.4 Å². The van der Waals surface area contributed by atoms with E-state index < -0.39 is 10.0 Å². The first-order valence-electron chi connectivity index (χ1n) is 5.11. The normalized spacial score (nSPS) is 33.3. The van der Waals surface area contributed by atoms with Crippen molar-refractivity contribution in [1.29, 1.82) is 0 Å². The molecule has 1 saturated heterocycles. The zero-order valence-corrected chi connectivity index (χ0v) is 8.89. The Morgan fingerprint density at radius 3 is 2.46 bits per heavy atom. The number of nitrogens with zero attached hydrogens (tertiary/aromatic N) is 1. The molecule has 1 aliphatic heterocycles. The number of unbranched alkanes of at least 4 members (excludes halogenated alkanes) is 1. The molecular formula is C9H17NO2S. The Bertz CT molecular complexity index is 276. The molecule has 4 heteroatoms. The Hall–Kier alpha value is -0.0900. The fraction of sp³-hybridized carbons (Fsp3) is 1.00. The Morgan fingerprint density at radius 2 is 1.92 bits per heavy atom. The highest BCUT2D eigenvalue weighted by Gasteiger charge is 2.48. The lowest BCUT2D eigenvalue weighted by molar-refractivity contribution is 0.441. The van der Waals surface area contributed by atoms with E-state index in [0.717, 1.165) is 25.9 Å². The van der Waals surface area contributed by atoms with Gasteiger partial charge in [-0.15, -0.1) is 0 Å². The summed E-state index contributed by atoms with van der Waals surface area (Å²) in [6, 6.07) is 0. The maximum atomic E-state index is 11.7. The summed E-state index contributed by atoms with van der Waals surface area (Å²) in [5.74, 6) is 1.76. The minimum Gasteiger partial charge on any atom is -0.212 e. The molecule has 2 atom stereocenters. The zero-order chi connectivity index (χ0) is 9.47. The lowest BCUT2D eigenvalue weighted by atomic mass is 10.4. The van der Waals surface area contributed by atoms with Crippen LogP contribution in [0.4, 0.5) is 0 Å². The Kier molecular flexibility index (Phi) is 2.36. The van der Waals surface area contributed by atoms with Gasteiger partial charge in [0.2, 0.25) is 10.0 Å². The van der Waals surface area contributed by atoms with Crippen molar-refractivity contribution in [1.82, 2.24) is 4.31 Å². The van der Waals surface area contributed by atoms with Crippen LogP contribution in [0.15, 0.2) is 0 Å². The van der Waals surface area contributed by atoms with Crippen molar-refractivity contribution in [3.63, 3.8) is 0 Å². The molecule has 2 fully saturated rings. The number of hydrogen-bond acceptors (Lipinski definition) is 2. The molecule has 1 aliphatic carbocycles. The molecule has 2 rings (SSSR count). The first-order chi connectivity index (χ1) is 6.13. The van der Waals surface area contributed by atoms with Crippen LogP contribution >= 0.6 is 0 Å². The van der Waals surface area contributed by atoms with Crippen LogP contribution in [0, 0.1) is 11.8 Å². The second kappa shape index (κ2) is 3.24. The Morgan fingerprint density at radius 1 is 1.31 bits per heavy atom. The van der Waals surface area contributed by atoms with Crippen LogP contribution in [0.25, 0.3) is 0 Å². The second-order valence-corrected chi connectivity index (χ2v) is 6.33. The molecule has 0 radical (unpaired) electrons. The number of piperidine rings is 1. The van der Waals surface area contributed by atoms with Gasteiger partial charge in [-0.25, -0.2) is 12.7 Å². The SMILES string of the molecule is CCCCS(=O)(=O)N1CC2CC2C1. The van der Waals surface area contributed by atoms with E-state index in [0.29, 0.717) is 17.6 Å². The predicted molar refractivity (Wildman–Crippen MR) is 51.9 cm³/mol. The first kappa shape index (κ1) is 9.46. The monoisotopic (exact) mass is 203 g/mol. The summed E-state index contributed by atoms with van der Waals surface area (Å²) in [6.45, 7) is 3.63. The van der Waals surface area contributed by atoms with Gasteiger partial charge in [-0.05, 0) is 24.7 Å². The molecule has 13 heavy (non-hydrogen) atoms. The van der Waals surface area contributed by atoms with Crippen LogP contribution in [0.5, 0.6) is 0 Å². The summed E-state index contributed by atoms with van der Waals surface area (Å²) in [5.41, 5.74) is 0. The Labute approximate surface area is 80.2 Å². The predicted octanol–water partition coefficient (Wildman–Crippen LogP) is 1.07. The molecule has 0 aromatic carbocycles. The lowest BCUT2D eigenvalue weighted by Crippen LogP contribution is -2.32. The van der Waals surface area contributed by atoms with E-state index in [-0.39, 0.29) is 0 Å². The summed E-state index contributed by atoms with van der Waals surface area (Å²) < 4.78 is 25.1. The highest BCUT2D eigenvalue weighted by atomic mass is 32.2. The average molecular weight is 203 g/mol. The number of sulfonamides is 1. The van der Waals surface area contributed by atoms with Gasteiger partial charge in [0.15, 0.2) is 0 Å². The minimum absolute atomic E-state index is 0.350. The molecule has 2 aliphatic rings. The van der Waals surface area contributed by atoms with Crippen LogP contribution in [0.3, 0.4) is 0 Å². The average Bonchev–Trinajstić information content (AvgIpc) is 2.70. The van der Waals surface area contributed by atoms with Crippen molar-refractivity contribution in [3.05, 3.63) is 0 Å². The summed E-state index contributed by atoms with van der Waals surface area (Å²) in [4.78, 5) is 0. The van der Waals surface area contributed by atoms with Crippen LogP contribution in [-0.2, 0) is 10.0 Å². The van der Waals surface area contributed by atoms with Gasteiger partial charge in [0, 0.05) is 13.1 Å². The van der Waals surface area contributed by atoms with E-state index in [1.165, 1.54) is 6.42 Å². The quantitative estimate of drug-likeness (QED) is 0.685. The third-order valence-corrected chi connectivity index (χ3v) is 4.98. The molecule has 3 nitrogen and oxygen atoms in total. The van der Waals surface area contributed by atoms with Crippen LogP contribution in [0.1, 0.15) is 26.2 Å². The minimum atomic E-state index is -2.89. The van der Waals surface area contributed by atoms with Gasteiger partial charge in [-0.3, -0.25) is 0 Å². The number of fused-ring (bicyclic) bond motifs is 1. The van der Waals surface area contributed by atoms with E-state index in [1.54, 1.807) is 4.31 Å². The summed E-state index contributed by atoms with van der Waals surface area (Å²) in [5, 5.41) is 0. The molecule has 2 unspecified atom stereocenters. The maximum Gasteiger partial charge on any atom is 0.214 e. The van der Waals surface area contributed by atoms with Crippen LogP contribution < -0.4 is 0 Å². The van der Waals surface area contributed by atoms with Crippen LogP contribution in [-0.4, -0.2) is 31.6 Å². The molecule has 0 spiro atoms. The smallest absolute Gasteiger partial charge is 0.212 e. The van der Waals surface area contributed by atoms with Gasteiger partial charge < -0.3 is 0 Å². The molecule has 0 aromatic heterocycles. The third kappa shape index (κ3) is 1.89. The van der Waals surface area contributed by atoms with Crippen molar-refractivity contribution in [2.75, 3.05) is 18.8 Å².